The molecule has 2 amide bonds. The van der Waals surface area contributed by atoms with Crippen molar-refractivity contribution < 1.29 is 14.3 Å². The van der Waals surface area contributed by atoms with Crippen LogP contribution in [0.2, 0.25) is 25.7 Å². The lowest BCUT2D eigenvalue weighted by atomic mass is 10.00. The third-order valence-electron chi connectivity index (χ3n) is 8.84. The Morgan fingerprint density at radius 1 is 0.674 bits per heavy atom. The summed E-state index contributed by atoms with van der Waals surface area (Å²) in [6.07, 6.45) is 5.03. The Hall–Kier alpha value is -4.00. The Bertz CT molecular complexity index is 1530. The molecular weight excluding hydrogens is 585 g/mol. The summed E-state index contributed by atoms with van der Waals surface area (Å²) in [4.78, 5) is 25.4. The first-order valence-corrected chi connectivity index (χ1v) is 20.4. The van der Waals surface area contributed by atoms with Crippen molar-refractivity contribution in [3.8, 4) is 22.3 Å². The van der Waals surface area contributed by atoms with Crippen molar-refractivity contribution in [2.45, 2.75) is 76.3 Å². The second-order valence-electron chi connectivity index (χ2n) is 13.7. The highest BCUT2D eigenvalue weighted by Crippen LogP contribution is 2.25. The molecule has 4 aromatic rings. The van der Waals surface area contributed by atoms with Gasteiger partial charge in [0, 0.05) is 39.6 Å². The standard InChI is InChI=1S/C23H31NO2Si.C17H17NO/c1-27(2,3)16-15-26-18-24-22(13-14-23(24)25)17-19-9-11-21(12-10-19)20-7-5-4-6-8-20;19-17-11-10-16(18-17)12-13-6-8-15(9-7-13)14-4-2-1-3-5-14/h4-12,22H,13-18H2,1-3H3;1-9,16H,10-12H2,(H,18,19)/t22-;16-/m00/s1. The number of carbonyl (C=O) groups excluding carboxylic acids is 2. The molecule has 2 saturated heterocycles. The van der Waals surface area contributed by atoms with Crippen molar-refractivity contribution in [1.29, 1.82) is 0 Å². The van der Waals surface area contributed by atoms with Gasteiger partial charge in [0.2, 0.25) is 11.8 Å². The Morgan fingerprint density at radius 3 is 1.70 bits per heavy atom. The van der Waals surface area contributed by atoms with Crippen molar-refractivity contribution in [3.63, 3.8) is 0 Å². The predicted molar refractivity (Wildman–Crippen MR) is 191 cm³/mol. The first kappa shape index (κ1) is 33.4. The van der Waals surface area contributed by atoms with Crippen LogP contribution in [0.25, 0.3) is 22.3 Å². The fourth-order valence-corrected chi connectivity index (χ4v) is 6.80. The van der Waals surface area contributed by atoms with E-state index in [1.807, 2.05) is 17.0 Å². The molecule has 2 aliphatic rings. The average molecular weight is 633 g/mol. The van der Waals surface area contributed by atoms with Gasteiger partial charge in [0.05, 0.1) is 0 Å². The van der Waals surface area contributed by atoms with Crippen LogP contribution in [-0.2, 0) is 27.2 Å². The molecule has 4 aromatic carbocycles. The van der Waals surface area contributed by atoms with Gasteiger partial charge in [-0.05, 0) is 65.1 Å². The third kappa shape index (κ3) is 10.00. The fraction of sp³-hybridized carbons (Fsp3) is 0.350. The van der Waals surface area contributed by atoms with Crippen LogP contribution in [-0.4, -0.2) is 50.2 Å². The van der Waals surface area contributed by atoms with E-state index >= 15 is 0 Å². The Morgan fingerprint density at radius 2 is 1.20 bits per heavy atom. The van der Waals surface area contributed by atoms with E-state index in [1.165, 1.54) is 33.4 Å². The number of rotatable bonds is 11. The number of nitrogens with one attached hydrogen (secondary N) is 1. The van der Waals surface area contributed by atoms with Gasteiger partial charge in [-0.2, -0.15) is 0 Å². The molecule has 46 heavy (non-hydrogen) atoms. The van der Waals surface area contributed by atoms with E-state index in [9.17, 15) is 9.59 Å². The number of benzene rings is 4. The van der Waals surface area contributed by atoms with Gasteiger partial charge in [0.1, 0.15) is 6.73 Å². The van der Waals surface area contributed by atoms with Crippen LogP contribution in [0.3, 0.4) is 0 Å². The molecule has 0 radical (unpaired) electrons. The summed E-state index contributed by atoms with van der Waals surface area (Å²) < 4.78 is 5.85. The van der Waals surface area contributed by atoms with Gasteiger partial charge in [-0.3, -0.25) is 9.59 Å². The minimum absolute atomic E-state index is 0.186. The van der Waals surface area contributed by atoms with Gasteiger partial charge in [-0.15, -0.1) is 0 Å². The molecule has 0 bridgehead atoms. The zero-order valence-electron chi connectivity index (χ0n) is 27.6. The van der Waals surface area contributed by atoms with E-state index in [4.69, 9.17) is 4.74 Å². The van der Waals surface area contributed by atoms with Gasteiger partial charge < -0.3 is 15.0 Å². The monoisotopic (exact) mass is 632 g/mol. The lowest BCUT2D eigenvalue weighted by molar-refractivity contribution is -0.134. The van der Waals surface area contributed by atoms with Crippen LogP contribution < -0.4 is 5.32 Å². The normalized spacial score (nSPS) is 17.8. The largest absolute Gasteiger partial charge is 0.361 e. The van der Waals surface area contributed by atoms with Crippen molar-refractivity contribution >= 4 is 19.9 Å². The summed E-state index contributed by atoms with van der Waals surface area (Å²) in [6, 6.07) is 39.9. The van der Waals surface area contributed by atoms with Crippen LogP contribution in [0.5, 0.6) is 0 Å². The van der Waals surface area contributed by atoms with Crippen molar-refractivity contribution in [1.82, 2.24) is 10.2 Å². The fourth-order valence-electron chi connectivity index (χ4n) is 6.04. The quantitative estimate of drug-likeness (QED) is 0.134. The maximum atomic E-state index is 12.3. The third-order valence-corrected chi connectivity index (χ3v) is 10.5. The van der Waals surface area contributed by atoms with E-state index in [1.54, 1.807) is 0 Å². The lowest BCUT2D eigenvalue weighted by Crippen LogP contribution is -2.37. The molecule has 0 unspecified atom stereocenters. The molecule has 0 aliphatic carbocycles. The summed E-state index contributed by atoms with van der Waals surface area (Å²) in [5, 5.41) is 3.01. The summed E-state index contributed by atoms with van der Waals surface area (Å²) in [5.41, 5.74) is 7.50. The molecule has 6 heteroatoms. The number of carbonyl (C=O) groups is 2. The molecular formula is C40H48N2O3Si. The highest BCUT2D eigenvalue weighted by molar-refractivity contribution is 6.76. The second kappa shape index (κ2) is 16.0. The number of likely N-dealkylation sites (tertiary alicyclic amines) is 1. The minimum atomic E-state index is -1.09. The number of ether oxygens (including phenoxy) is 1. The molecule has 2 atom stereocenters. The summed E-state index contributed by atoms with van der Waals surface area (Å²) in [5.74, 6) is 0.416. The molecule has 2 fully saturated rings. The highest BCUT2D eigenvalue weighted by Gasteiger charge is 2.31. The molecule has 1 N–H and O–H groups in total. The Labute approximate surface area is 276 Å². The molecule has 2 heterocycles. The van der Waals surface area contributed by atoms with Gasteiger partial charge in [-0.1, -0.05) is 129 Å². The summed E-state index contributed by atoms with van der Waals surface area (Å²) >= 11 is 0. The maximum Gasteiger partial charge on any atom is 0.224 e. The van der Waals surface area contributed by atoms with Crippen LogP contribution in [0.15, 0.2) is 109 Å². The van der Waals surface area contributed by atoms with E-state index in [0.29, 0.717) is 25.6 Å². The molecule has 6 rings (SSSR count). The molecule has 0 aromatic heterocycles. The number of amides is 2. The van der Waals surface area contributed by atoms with E-state index in [2.05, 4.69) is 122 Å². The van der Waals surface area contributed by atoms with E-state index in [-0.39, 0.29) is 17.9 Å². The average Bonchev–Trinajstić information content (AvgIpc) is 3.64. The minimum Gasteiger partial charge on any atom is -0.361 e. The van der Waals surface area contributed by atoms with Crippen molar-refractivity contribution in [3.05, 3.63) is 120 Å². The maximum absolute atomic E-state index is 12.3. The molecule has 2 aliphatic heterocycles. The first-order chi connectivity index (χ1) is 22.2. The Kier molecular flexibility index (Phi) is 11.6. The molecule has 0 spiro atoms. The topological polar surface area (TPSA) is 58.6 Å². The molecule has 0 saturated carbocycles. The van der Waals surface area contributed by atoms with Crippen molar-refractivity contribution in [2.75, 3.05) is 13.3 Å². The smallest absolute Gasteiger partial charge is 0.224 e. The molecule has 5 nitrogen and oxygen atoms in total. The zero-order chi connectivity index (χ0) is 32.4. The molecule has 240 valence electrons. The van der Waals surface area contributed by atoms with Crippen LogP contribution in [0.1, 0.15) is 36.8 Å². The summed E-state index contributed by atoms with van der Waals surface area (Å²) in [7, 11) is -1.09. The van der Waals surface area contributed by atoms with E-state index in [0.717, 1.165) is 38.3 Å². The number of hydrogen-bond acceptors (Lipinski definition) is 3. The van der Waals surface area contributed by atoms with E-state index < -0.39 is 8.07 Å². The predicted octanol–water partition coefficient (Wildman–Crippen LogP) is 8.37. The Balaban J connectivity index is 0.000000192. The van der Waals surface area contributed by atoms with Gasteiger partial charge >= 0.3 is 0 Å². The highest BCUT2D eigenvalue weighted by atomic mass is 28.3. The van der Waals surface area contributed by atoms with Gasteiger partial charge in [0.25, 0.3) is 0 Å². The van der Waals surface area contributed by atoms with Gasteiger partial charge in [0.15, 0.2) is 0 Å². The van der Waals surface area contributed by atoms with Crippen LogP contribution in [0, 0.1) is 0 Å². The second-order valence-corrected chi connectivity index (χ2v) is 19.4. The summed E-state index contributed by atoms with van der Waals surface area (Å²) in [6.45, 7) is 8.24. The van der Waals surface area contributed by atoms with Crippen molar-refractivity contribution in [2.24, 2.45) is 0 Å². The lowest BCUT2D eigenvalue weighted by Gasteiger charge is -2.25. The number of hydrogen-bond donors (Lipinski definition) is 1. The number of nitrogens with zero attached hydrogens (tertiary/aromatic N) is 1. The SMILES string of the molecule is C[Si](C)(C)CCOCN1C(=O)CC[C@H]1Cc1ccc(-c2ccccc2)cc1.O=C1CC[C@@H](Cc2ccc(-c3ccccc3)cc2)N1. The van der Waals surface area contributed by atoms with Crippen LogP contribution >= 0.6 is 0 Å². The zero-order valence-corrected chi connectivity index (χ0v) is 28.6. The van der Waals surface area contributed by atoms with Gasteiger partial charge in [-0.25, -0.2) is 0 Å². The van der Waals surface area contributed by atoms with Crippen LogP contribution in [0.4, 0.5) is 0 Å². The first-order valence-electron chi connectivity index (χ1n) is 16.7.